The van der Waals surface area contributed by atoms with Crippen molar-refractivity contribution < 1.29 is 23.9 Å². The topological polar surface area (TPSA) is 161 Å². The minimum atomic E-state index is -0.780. The summed E-state index contributed by atoms with van der Waals surface area (Å²) >= 11 is 0. The summed E-state index contributed by atoms with van der Waals surface area (Å²) in [6.45, 7) is 11.4. The molecule has 0 aromatic rings. The van der Waals surface area contributed by atoms with Crippen LogP contribution >= 0.6 is 0 Å². The number of nitrogens with two attached hydrogens (primary N) is 1. The zero-order valence-electron chi connectivity index (χ0n) is 24.6. The number of likely N-dealkylation sites (N-methyl/N-ethyl adjacent to an activating group) is 1. The molecule has 1 amide bonds. The van der Waals surface area contributed by atoms with Gasteiger partial charge < -0.3 is 25.3 Å². The number of aliphatic imine (C=N–C) groups is 1. The van der Waals surface area contributed by atoms with E-state index in [1.807, 2.05) is 14.1 Å². The number of ketones is 1. The Morgan fingerprint density at radius 3 is 2.54 bits per heavy atom. The van der Waals surface area contributed by atoms with E-state index in [0.29, 0.717) is 37.0 Å². The van der Waals surface area contributed by atoms with Crippen LogP contribution in [0.15, 0.2) is 4.99 Å². The van der Waals surface area contributed by atoms with Crippen LogP contribution < -0.4 is 16.5 Å². The molecule has 6 atom stereocenters. The number of hydrogen-bond donors (Lipinski definition) is 3. The molecule has 220 valence electrons. The van der Waals surface area contributed by atoms with Gasteiger partial charge in [0.15, 0.2) is 5.03 Å². The molecule has 1 aliphatic heterocycles. The van der Waals surface area contributed by atoms with Gasteiger partial charge in [-0.15, -0.1) is 0 Å². The lowest BCUT2D eigenvalue weighted by Crippen LogP contribution is -2.65. The molecule has 39 heavy (non-hydrogen) atoms. The Bertz CT molecular complexity index is 946. The third-order valence-corrected chi connectivity index (χ3v) is 8.89. The number of rotatable bonds is 14. The average molecular weight is 551 g/mol. The van der Waals surface area contributed by atoms with Gasteiger partial charge in [0, 0.05) is 18.9 Å². The van der Waals surface area contributed by atoms with E-state index in [-0.39, 0.29) is 60.2 Å². The van der Waals surface area contributed by atoms with Gasteiger partial charge in [-0.25, -0.2) is 15.1 Å². The molecule has 3 saturated carbocycles. The standard InChI is InChI=1S/C26H47BN6O6/c1-16(2)11-22(27-38-21-14-18-13-20(25(18,3)4)26(21,5)39-27)30-23(35)17(12-19(34)15-32(6)7)9-8-10-29-24(28)31-33(36)37/h16-18,20-22H,8-15H2,1-7H3,(H,30,35)(H3,28,29,31)/t17-,18+,20+,21-,22+,26+/m1/s1. The predicted octanol–water partition coefficient (Wildman–Crippen LogP) is 1.80. The summed E-state index contributed by atoms with van der Waals surface area (Å²) in [5.41, 5.74) is 7.14. The largest absolute Gasteiger partial charge is 0.481 e. The van der Waals surface area contributed by atoms with Gasteiger partial charge >= 0.3 is 7.12 Å². The highest BCUT2D eigenvalue weighted by atomic mass is 16.7. The minimum absolute atomic E-state index is 0.0133. The number of Topliss-reactive ketones (excluding diaryl/α,β-unsaturated/α-hetero) is 1. The second kappa shape index (κ2) is 12.5. The summed E-state index contributed by atoms with van der Waals surface area (Å²) in [6.07, 6.45) is 3.74. The van der Waals surface area contributed by atoms with Gasteiger partial charge in [-0.2, -0.15) is 0 Å². The van der Waals surface area contributed by atoms with E-state index in [1.165, 1.54) is 0 Å². The number of carbonyl (C=O) groups is 2. The second-order valence-corrected chi connectivity index (χ2v) is 13.0. The Hall–Kier alpha value is -2.25. The molecule has 1 saturated heterocycles. The molecule has 13 heteroatoms. The molecule has 4 fully saturated rings. The highest BCUT2D eigenvalue weighted by Gasteiger charge is 2.68. The summed E-state index contributed by atoms with van der Waals surface area (Å²) in [5.74, 6) is -0.120. The van der Waals surface area contributed by atoms with Crippen molar-refractivity contribution in [2.24, 2.45) is 39.8 Å². The fourth-order valence-electron chi connectivity index (χ4n) is 6.80. The van der Waals surface area contributed by atoms with Crippen LogP contribution in [0.2, 0.25) is 0 Å². The maximum atomic E-state index is 13.6. The molecule has 2 bridgehead atoms. The van der Waals surface area contributed by atoms with E-state index in [2.05, 4.69) is 44.9 Å². The smallest absolute Gasteiger partial charge is 0.404 e. The van der Waals surface area contributed by atoms with Crippen molar-refractivity contribution in [3.05, 3.63) is 10.1 Å². The molecule has 3 aliphatic carbocycles. The Morgan fingerprint density at radius 2 is 1.95 bits per heavy atom. The van der Waals surface area contributed by atoms with Crippen LogP contribution in [0, 0.1) is 39.2 Å². The number of hydrazine groups is 1. The van der Waals surface area contributed by atoms with Gasteiger partial charge in [0.1, 0.15) is 5.78 Å². The maximum Gasteiger partial charge on any atom is 0.481 e. The van der Waals surface area contributed by atoms with Crippen LogP contribution in [0.1, 0.15) is 73.1 Å². The molecular formula is C26H47BN6O6. The van der Waals surface area contributed by atoms with E-state index in [1.54, 1.807) is 10.3 Å². The first-order chi connectivity index (χ1) is 18.1. The molecule has 1 heterocycles. The molecule has 4 aliphatic rings. The van der Waals surface area contributed by atoms with Crippen molar-refractivity contribution in [2.75, 3.05) is 27.2 Å². The van der Waals surface area contributed by atoms with E-state index in [4.69, 9.17) is 15.0 Å². The van der Waals surface area contributed by atoms with E-state index >= 15 is 0 Å². The van der Waals surface area contributed by atoms with Gasteiger partial charge in [0.05, 0.1) is 24.2 Å². The number of nitro groups is 1. The highest BCUT2D eigenvalue weighted by molar-refractivity contribution is 6.47. The van der Waals surface area contributed by atoms with Crippen LogP contribution in [-0.2, 0) is 18.9 Å². The molecular weight excluding hydrogens is 503 g/mol. The fraction of sp³-hybridized carbons (Fsp3) is 0.885. The number of guanidine groups is 1. The van der Waals surface area contributed by atoms with Crippen molar-refractivity contribution in [3.8, 4) is 0 Å². The van der Waals surface area contributed by atoms with Crippen LogP contribution in [0.25, 0.3) is 0 Å². The zero-order chi connectivity index (χ0) is 29.1. The number of carbonyl (C=O) groups excluding carboxylic acids is 2. The lowest BCUT2D eigenvalue weighted by Gasteiger charge is -2.64. The third-order valence-electron chi connectivity index (χ3n) is 8.89. The van der Waals surface area contributed by atoms with Crippen LogP contribution in [-0.4, -0.2) is 79.5 Å². The van der Waals surface area contributed by atoms with Gasteiger partial charge in [-0.1, -0.05) is 33.1 Å². The third kappa shape index (κ3) is 7.49. The number of nitrogens with zero attached hydrogens (tertiary/aromatic N) is 3. The van der Waals surface area contributed by atoms with E-state index in [9.17, 15) is 19.7 Å². The maximum absolute atomic E-state index is 13.6. The number of hydrogen-bond acceptors (Lipinski definition) is 8. The monoisotopic (exact) mass is 550 g/mol. The fourth-order valence-corrected chi connectivity index (χ4v) is 6.80. The molecule has 0 aromatic carbocycles. The van der Waals surface area contributed by atoms with Gasteiger partial charge in [0.2, 0.25) is 5.91 Å². The molecule has 4 N–H and O–H groups in total. The van der Waals surface area contributed by atoms with Crippen molar-refractivity contribution in [1.29, 1.82) is 0 Å². The molecule has 0 radical (unpaired) electrons. The van der Waals surface area contributed by atoms with Crippen molar-refractivity contribution in [1.82, 2.24) is 15.6 Å². The molecule has 0 aromatic heterocycles. The summed E-state index contributed by atoms with van der Waals surface area (Å²) < 4.78 is 13.2. The molecule has 0 unspecified atom stereocenters. The van der Waals surface area contributed by atoms with Gasteiger partial charge in [0.25, 0.3) is 5.96 Å². The highest BCUT2D eigenvalue weighted by Crippen LogP contribution is 2.65. The summed E-state index contributed by atoms with van der Waals surface area (Å²) in [6, 6.07) is 0. The first-order valence-corrected chi connectivity index (χ1v) is 14.1. The first kappa shape index (κ1) is 31.3. The Labute approximate surface area is 232 Å². The molecule has 12 nitrogen and oxygen atoms in total. The van der Waals surface area contributed by atoms with E-state index in [0.717, 1.165) is 12.8 Å². The van der Waals surface area contributed by atoms with Crippen molar-refractivity contribution >= 4 is 24.8 Å². The molecule has 4 rings (SSSR count). The Kier molecular flexibility index (Phi) is 10.0. The van der Waals surface area contributed by atoms with Gasteiger partial charge in [-0.05, 0) is 76.3 Å². The van der Waals surface area contributed by atoms with Gasteiger partial charge in [-0.3, -0.25) is 9.59 Å². The zero-order valence-corrected chi connectivity index (χ0v) is 24.6. The van der Waals surface area contributed by atoms with E-state index < -0.39 is 18.1 Å². The Morgan fingerprint density at radius 1 is 1.26 bits per heavy atom. The van der Waals surface area contributed by atoms with Crippen molar-refractivity contribution in [3.63, 3.8) is 0 Å². The Balaban J connectivity index is 1.69. The van der Waals surface area contributed by atoms with Crippen LogP contribution in [0.3, 0.4) is 0 Å². The van der Waals surface area contributed by atoms with Crippen LogP contribution in [0.5, 0.6) is 0 Å². The van der Waals surface area contributed by atoms with Crippen LogP contribution in [0.4, 0.5) is 0 Å². The first-order valence-electron chi connectivity index (χ1n) is 14.1. The number of nitrogens with one attached hydrogen (secondary N) is 2. The number of amides is 1. The minimum Gasteiger partial charge on any atom is -0.404 e. The normalized spacial score (nSPS) is 29.0. The quantitative estimate of drug-likeness (QED) is 0.0731. The lowest BCUT2D eigenvalue weighted by molar-refractivity contribution is -0.525. The predicted molar refractivity (Wildman–Crippen MR) is 149 cm³/mol. The van der Waals surface area contributed by atoms with Crippen molar-refractivity contribution in [2.45, 2.75) is 90.8 Å². The summed E-state index contributed by atoms with van der Waals surface area (Å²) in [5, 5.41) is 12.9. The summed E-state index contributed by atoms with van der Waals surface area (Å²) in [4.78, 5) is 42.5. The molecule has 0 spiro atoms. The second-order valence-electron chi connectivity index (χ2n) is 13.0. The SMILES string of the molecule is CC(C)C[C@H](NC(=O)[C@H](CCCN=C(N)N[N+](=O)[O-])CC(=O)CN(C)C)B1O[C@@H]2C[C@@H]3C[C@@H](C3(C)C)[C@]2(C)O1. The summed E-state index contributed by atoms with van der Waals surface area (Å²) in [7, 11) is 3.08. The average Bonchev–Trinajstić information content (AvgIpc) is 3.16. The lowest BCUT2D eigenvalue weighted by atomic mass is 9.43.